The van der Waals surface area contributed by atoms with Crippen molar-refractivity contribution in [1.29, 1.82) is 0 Å². The van der Waals surface area contributed by atoms with E-state index in [9.17, 15) is 0 Å². The molecule has 0 aliphatic heterocycles. The summed E-state index contributed by atoms with van der Waals surface area (Å²) < 4.78 is 0. The molecule has 0 heterocycles. The van der Waals surface area contributed by atoms with Crippen molar-refractivity contribution in [2.75, 3.05) is 13.2 Å². The summed E-state index contributed by atoms with van der Waals surface area (Å²) in [7, 11) is 0. The van der Waals surface area contributed by atoms with E-state index < -0.39 is 0 Å². The summed E-state index contributed by atoms with van der Waals surface area (Å²) >= 11 is 0. The van der Waals surface area contributed by atoms with Crippen LogP contribution >= 0.6 is 0 Å². The highest BCUT2D eigenvalue weighted by Gasteiger charge is 2.24. The minimum atomic E-state index is -0.114. The number of hydrogen-bond acceptors (Lipinski definition) is 2. The van der Waals surface area contributed by atoms with Gasteiger partial charge in [-0.25, -0.2) is 0 Å². The lowest BCUT2D eigenvalue weighted by atomic mass is 9.88. The molecule has 0 fully saturated rings. The number of aliphatic hydroxyl groups excluding tert-OH is 1. The maximum atomic E-state index is 9.10. The highest BCUT2D eigenvalue weighted by Crippen LogP contribution is 2.24. The average Bonchev–Trinajstić information content (AvgIpc) is 2.19. The van der Waals surface area contributed by atoms with E-state index in [4.69, 9.17) is 5.11 Å². The van der Waals surface area contributed by atoms with Gasteiger partial charge in [-0.1, -0.05) is 36.8 Å². The molecule has 0 aliphatic rings. The maximum Gasteiger partial charge on any atom is 0.0451 e. The second kappa shape index (κ2) is 5.29. The number of rotatable bonds is 5. The summed E-state index contributed by atoms with van der Waals surface area (Å²) in [5, 5.41) is 12.5. The molecule has 0 aliphatic carbocycles. The van der Waals surface area contributed by atoms with Gasteiger partial charge in [0, 0.05) is 12.1 Å². The molecule has 0 radical (unpaired) electrons. The lowest BCUT2D eigenvalue weighted by Crippen LogP contribution is -2.40. The molecule has 0 bridgehead atoms. The Labute approximate surface area is 92.3 Å². The molecule has 1 aromatic rings. The van der Waals surface area contributed by atoms with Crippen LogP contribution in [0.4, 0.5) is 0 Å². The summed E-state index contributed by atoms with van der Waals surface area (Å²) in [6, 6.07) is 8.49. The Kier molecular flexibility index (Phi) is 4.30. The predicted octanol–water partition coefficient (Wildman–Crippen LogP) is 2.20. The smallest absolute Gasteiger partial charge is 0.0451 e. The van der Waals surface area contributed by atoms with Crippen LogP contribution in [-0.2, 0) is 5.54 Å². The number of hydrogen-bond donors (Lipinski definition) is 2. The van der Waals surface area contributed by atoms with Crippen molar-refractivity contribution >= 4 is 0 Å². The molecule has 1 aromatic carbocycles. The molecule has 1 unspecified atom stereocenters. The zero-order valence-corrected chi connectivity index (χ0v) is 9.88. The van der Waals surface area contributed by atoms with Gasteiger partial charge in [0.1, 0.15) is 0 Å². The summed E-state index contributed by atoms with van der Waals surface area (Å²) in [6.45, 7) is 7.42. The van der Waals surface area contributed by atoms with Crippen molar-refractivity contribution in [1.82, 2.24) is 5.32 Å². The van der Waals surface area contributed by atoms with Crippen LogP contribution in [-0.4, -0.2) is 18.3 Å². The van der Waals surface area contributed by atoms with Crippen LogP contribution in [0.5, 0.6) is 0 Å². The van der Waals surface area contributed by atoms with Crippen molar-refractivity contribution in [3.8, 4) is 0 Å². The monoisotopic (exact) mass is 207 g/mol. The molecule has 0 spiro atoms. The molecule has 2 nitrogen and oxygen atoms in total. The number of aliphatic hydroxyl groups is 1. The van der Waals surface area contributed by atoms with Gasteiger partial charge in [-0.15, -0.1) is 0 Å². The summed E-state index contributed by atoms with van der Waals surface area (Å²) in [5.74, 6) is 0. The highest BCUT2D eigenvalue weighted by molar-refractivity contribution is 5.27. The largest absolute Gasteiger partial charge is 0.396 e. The molecular formula is C13H21NO. The van der Waals surface area contributed by atoms with E-state index in [2.05, 4.69) is 50.4 Å². The van der Waals surface area contributed by atoms with Crippen molar-refractivity contribution in [3.63, 3.8) is 0 Å². The molecule has 2 heteroatoms. The Balaban J connectivity index is 2.92. The Morgan fingerprint density at radius 3 is 2.33 bits per heavy atom. The molecule has 0 saturated carbocycles. The Morgan fingerprint density at radius 2 is 1.87 bits per heavy atom. The van der Waals surface area contributed by atoms with E-state index in [1.165, 1.54) is 11.1 Å². The minimum absolute atomic E-state index is 0.114. The third-order valence-corrected chi connectivity index (χ3v) is 2.87. The third kappa shape index (κ3) is 3.05. The van der Waals surface area contributed by atoms with Gasteiger partial charge in [-0.05, 0) is 32.4 Å². The first-order valence-corrected chi connectivity index (χ1v) is 5.55. The molecule has 15 heavy (non-hydrogen) atoms. The molecule has 1 atom stereocenters. The first-order valence-electron chi connectivity index (χ1n) is 5.55. The van der Waals surface area contributed by atoms with Gasteiger partial charge in [0.15, 0.2) is 0 Å². The van der Waals surface area contributed by atoms with Crippen LogP contribution in [0.3, 0.4) is 0 Å². The molecule has 2 N–H and O–H groups in total. The number of benzene rings is 1. The van der Waals surface area contributed by atoms with E-state index in [1.54, 1.807) is 0 Å². The fourth-order valence-electron chi connectivity index (χ4n) is 1.87. The van der Waals surface area contributed by atoms with Crippen molar-refractivity contribution in [3.05, 3.63) is 35.4 Å². The van der Waals surface area contributed by atoms with E-state index in [1.807, 2.05) is 0 Å². The summed E-state index contributed by atoms with van der Waals surface area (Å²) in [4.78, 5) is 0. The van der Waals surface area contributed by atoms with E-state index in [0.717, 1.165) is 13.0 Å². The Morgan fingerprint density at radius 1 is 1.27 bits per heavy atom. The lowest BCUT2D eigenvalue weighted by Gasteiger charge is -2.30. The van der Waals surface area contributed by atoms with Gasteiger partial charge >= 0.3 is 0 Å². The van der Waals surface area contributed by atoms with Crippen LogP contribution in [0.25, 0.3) is 0 Å². The van der Waals surface area contributed by atoms with Crippen molar-refractivity contribution in [2.45, 2.75) is 32.7 Å². The molecule has 84 valence electrons. The van der Waals surface area contributed by atoms with Crippen LogP contribution in [0.1, 0.15) is 31.4 Å². The highest BCUT2D eigenvalue weighted by atomic mass is 16.3. The molecular weight excluding hydrogens is 186 g/mol. The quantitative estimate of drug-likeness (QED) is 0.776. The predicted molar refractivity (Wildman–Crippen MR) is 63.9 cm³/mol. The van der Waals surface area contributed by atoms with E-state index in [0.29, 0.717) is 0 Å². The second-order valence-corrected chi connectivity index (χ2v) is 4.20. The summed E-state index contributed by atoms with van der Waals surface area (Å²) in [5.41, 5.74) is 2.39. The van der Waals surface area contributed by atoms with E-state index >= 15 is 0 Å². The Bertz CT molecular complexity index is 286. The first kappa shape index (κ1) is 12.2. The average molecular weight is 207 g/mol. The normalized spacial score (nSPS) is 14.9. The fourth-order valence-corrected chi connectivity index (χ4v) is 1.87. The second-order valence-electron chi connectivity index (χ2n) is 4.20. The third-order valence-electron chi connectivity index (χ3n) is 2.87. The maximum absolute atomic E-state index is 9.10. The van der Waals surface area contributed by atoms with Crippen LogP contribution in [0.2, 0.25) is 0 Å². The minimum Gasteiger partial charge on any atom is -0.396 e. The zero-order chi connectivity index (χ0) is 11.3. The molecule has 0 saturated heterocycles. The first-order chi connectivity index (χ1) is 7.12. The van der Waals surface area contributed by atoms with Crippen molar-refractivity contribution in [2.24, 2.45) is 0 Å². The van der Waals surface area contributed by atoms with E-state index in [-0.39, 0.29) is 12.1 Å². The molecule has 0 aromatic heterocycles. The fraction of sp³-hybridized carbons (Fsp3) is 0.538. The van der Waals surface area contributed by atoms with Gasteiger partial charge in [0.25, 0.3) is 0 Å². The standard InChI is InChI=1S/C13H21NO/c1-4-14-13(3,9-10-15)12-7-5-11(2)6-8-12/h5-8,14-15H,4,9-10H2,1-3H3. The lowest BCUT2D eigenvalue weighted by molar-refractivity contribution is 0.223. The van der Waals surface area contributed by atoms with Crippen LogP contribution in [0, 0.1) is 6.92 Å². The zero-order valence-electron chi connectivity index (χ0n) is 9.88. The summed E-state index contributed by atoms with van der Waals surface area (Å²) in [6.07, 6.45) is 0.740. The van der Waals surface area contributed by atoms with Gasteiger partial charge in [-0.3, -0.25) is 0 Å². The topological polar surface area (TPSA) is 32.3 Å². The SMILES string of the molecule is CCNC(C)(CCO)c1ccc(C)cc1. The number of nitrogens with one attached hydrogen (secondary N) is 1. The molecule has 1 rings (SSSR count). The molecule has 0 amide bonds. The van der Waals surface area contributed by atoms with Crippen LogP contribution in [0.15, 0.2) is 24.3 Å². The Hall–Kier alpha value is -0.860. The van der Waals surface area contributed by atoms with Crippen molar-refractivity contribution < 1.29 is 5.11 Å². The van der Waals surface area contributed by atoms with Gasteiger partial charge in [0.2, 0.25) is 0 Å². The van der Waals surface area contributed by atoms with Gasteiger partial charge in [0.05, 0.1) is 0 Å². The number of aryl methyl sites for hydroxylation is 1. The van der Waals surface area contributed by atoms with Crippen LogP contribution < -0.4 is 5.32 Å². The van der Waals surface area contributed by atoms with Gasteiger partial charge in [-0.2, -0.15) is 0 Å². The van der Waals surface area contributed by atoms with Gasteiger partial charge < -0.3 is 10.4 Å².